The number of hydrogen-bond donors (Lipinski definition) is 1. The van der Waals surface area contributed by atoms with E-state index in [0.29, 0.717) is 24.3 Å². The third-order valence-corrected chi connectivity index (χ3v) is 4.11. The highest BCUT2D eigenvalue weighted by molar-refractivity contribution is 6.34. The van der Waals surface area contributed by atoms with E-state index in [9.17, 15) is 14.4 Å². The molecule has 0 radical (unpaired) electrons. The highest BCUT2D eigenvalue weighted by Gasteiger charge is 2.23. The van der Waals surface area contributed by atoms with Gasteiger partial charge in [0.1, 0.15) is 11.9 Å². The summed E-state index contributed by atoms with van der Waals surface area (Å²) in [5.74, 6) is -0.719. The molecule has 2 aliphatic rings. The molecule has 1 fully saturated rings. The number of amides is 1. The van der Waals surface area contributed by atoms with Crippen molar-refractivity contribution in [3.8, 4) is 5.75 Å². The van der Waals surface area contributed by atoms with Crippen molar-refractivity contribution in [1.29, 1.82) is 0 Å². The second-order valence-electron chi connectivity index (χ2n) is 5.59. The lowest BCUT2D eigenvalue weighted by Gasteiger charge is -2.22. The molecule has 0 bridgehead atoms. The Labute approximate surface area is 143 Å². The van der Waals surface area contributed by atoms with Crippen LogP contribution in [0.5, 0.6) is 5.75 Å². The van der Waals surface area contributed by atoms with Crippen molar-refractivity contribution >= 4 is 35.1 Å². The summed E-state index contributed by atoms with van der Waals surface area (Å²) in [6.07, 6.45) is 2.24. The normalized spacial score (nSPS) is 19.6. The summed E-state index contributed by atoms with van der Waals surface area (Å²) < 4.78 is 15.6. The SMILES string of the molecule is O=C1COc2cc(C(=O)OCCC3CCCC(=O)O3)c(Cl)cc2N1. The van der Waals surface area contributed by atoms with E-state index in [2.05, 4.69) is 5.32 Å². The quantitative estimate of drug-likeness (QED) is 0.835. The molecule has 1 aromatic carbocycles. The van der Waals surface area contributed by atoms with Crippen molar-refractivity contribution < 1.29 is 28.6 Å². The first-order valence-electron chi connectivity index (χ1n) is 7.66. The van der Waals surface area contributed by atoms with E-state index in [4.69, 9.17) is 25.8 Å². The molecule has 128 valence electrons. The minimum atomic E-state index is -0.592. The molecular formula is C16H16ClNO6. The third-order valence-electron chi connectivity index (χ3n) is 3.80. The van der Waals surface area contributed by atoms with E-state index in [1.165, 1.54) is 12.1 Å². The van der Waals surface area contributed by atoms with Crippen LogP contribution in [0.3, 0.4) is 0 Å². The predicted octanol–water partition coefficient (Wildman–Crippen LogP) is 2.31. The molecule has 3 rings (SSSR count). The van der Waals surface area contributed by atoms with Crippen molar-refractivity contribution in [2.24, 2.45) is 0 Å². The predicted molar refractivity (Wildman–Crippen MR) is 84.2 cm³/mol. The van der Waals surface area contributed by atoms with Crippen LogP contribution in [0.15, 0.2) is 12.1 Å². The smallest absolute Gasteiger partial charge is 0.339 e. The molecule has 1 N–H and O–H groups in total. The molecule has 0 spiro atoms. The number of benzene rings is 1. The summed E-state index contributed by atoms with van der Waals surface area (Å²) in [6, 6.07) is 2.90. The molecule has 1 saturated heterocycles. The summed E-state index contributed by atoms with van der Waals surface area (Å²) in [4.78, 5) is 34.6. The molecule has 0 aromatic heterocycles. The van der Waals surface area contributed by atoms with Crippen LogP contribution in [0.25, 0.3) is 0 Å². The fourth-order valence-corrected chi connectivity index (χ4v) is 2.84. The van der Waals surface area contributed by atoms with Crippen LogP contribution >= 0.6 is 11.6 Å². The summed E-state index contributed by atoms with van der Waals surface area (Å²) in [5, 5.41) is 2.77. The van der Waals surface area contributed by atoms with Gasteiger partial charge in [0.05, 0.1) is 22.9 Å². The van der Waals surface area contributed by atoms with Gasteiger partial charge in [-0.1, -0.05) is 11.6 Å². The number of halogens is 1. The summed E-state index contributed by atoms with van der Waals surface area (Å²) >= 11 is 6.07. The maximum atomic E-state index is 12.2. The Morgan fingerprint density at radius 3 is 3.00 bits per heavy atom. The minimum absolute atomic E-state index is 0.115. The molecule has 1 unspecified atom stereocenters. The largest absolute Gasteiger partial charge is 0.482 e. The van der Waals surface area contributed by atoms with Gasteiger partial charge in [-0.2, -0.15) is 0 Å². The first-order chi connectivity index (χ1) is 11.5. The number of anilines is 1. The molecule has 2 aliphatic heterocycles. The van der Waals surface area contributed by atoms with Crippen LogP contribution in [-0.2, 0) is 19.1 Å². The van der Waals surface area contributed by atoms with Gasteiger partial charge < -0.3 is 19.5 Å². The molecule has 8 heteroatoms. The Morgan fingerprint density at radius 2 is 2.21 bits per heavy atom. The van der Waals surface area contributed by atoms with Gasteiger partial charge in [-0.25, -0.2) is 4.79 Å². The van der Waals surface area contributed by atoms with Crippen LogP contribution in [0.4, 0.5) is 5.69 Å². The lowest BCUT2D eigenvalue weighted by molar-refractivity contribution is -0.154. The number of cyclic esters (lactones) is 1. The average Bonchev–Trinajstić information content (AvgIpc) is 2.54. The van der Waals surface area contributed by atoms with E-state index in [-0.39, 0.29) is 41.8 Å². The van der Waals surface area contributed by atoms with Crippen LogP contribution in [0.1, 0.15) is 36.0 Å². The van der Waals surface area contributed by atoms with Crippen molar-refractivity contribution in [3.05, 3.63) is 22.7 Å². The second kappa shape index (κ2) is 7.09. The van der Waals surface area contributed by atoms with Crippen LogP contribution in [0.2, 0.25) is 5.02 Å². The number of hydrogen-bond acceptors (Lipinski definition) is 6. The Bertz CT molecular complexity index is 689. The van der Waals surface area contributed by atoms with Crippen LogP contribution in [0, 0.1) is 0 Å². The van der Waals surface area contributed by atoms with Crippen molar-refractivity contribution in [2.45, 2.75) is 31.8 Å². The van der Waals surface area contributed by atoms with Gasteiger partial charge in [-0.3, -0.25) is 9.59 Å². The summed E-state index contributed by atoms with van der Waals surface area (Å²) in [7, 11) is 0. The Hall–Kier alpha value is -2.28. The first kappa shape index (κ1) is 16.6. The van der Waals surface area contributed by atoms with E-state index >= 15 is 0 Å². The number of rotatable bonds is 4. The first-order valence-corrected chi connectivity index (χ1v) is 8.03. The molecular weight excluding hydrogens is 338 g/mol. The maximum Gasteiger partial charge on any atom is 0.339 e. The molecule has 1 aromatic rings. The minimum Gasteiger partial charge on any atom is -0.482 e. The highest BCUT2D eigenvalue weighted by Crippen LogP contribution is 2.33. The standard InChI is InChI=1S/C16H16ClNO6/c17-11-7-12-13(23-8-14(19)18-12)6-10(11)16(21)22-5-4-9-2-1-3-15(20)24-9/h6-7,9H,1-5,8H2,(H,18,19). The lowest BCUT2D eigenvalue weighted by Crippen LogP contribution is -2.26. The number of esters is 2. The van der Waals surface area contributed by atoms with Crippen LogP contribution in [-0.4, -0.2) is 37.2 Å². The van der Waals surface area contributed by atoms with E-state index in [1.807, 2.05) is 0 Å². The lowest BCUT2D eigenvalue weighted by atomic mass is 10.1. The van der Waals surface area contributed by atoms with Gasteiger partial charge in [-0.05, 0) is 25.0 Å². The fraction of sp³-hybridized carbons (Fsp3) is 0.438. The number of carbonyl (C=O) groups is 3. The number of carbonyl (C=O) groups excluding carboxylic acids is 3. The van der Waals surface area contributed by atoms with Gasteiger partial charge >= 0.3 is 11.9 Å². The molecule has 0 saturated carbocycles. The Morgan fingerprint density at radius 1 is 1.38 bits per heavy atom. The zero-order chi connectivity index (χ0) is 17.1. The molecule has 7 nitrogen and oxygen atoms in total. The zero-order valence-electron chi connectivity index (χ0n) is 12.8. The maximum absolute atomic E-state index is 12.2. The Kier molecular flexibility index (Phi) is 4.89. The van der Waals surface area contributed by atoms with E-state index in [0.717, 1.165) is 12.8 Å². The van der Waals surface area contributed by atoms with Gasteiger partial charge in [0.2, 0.25) is 0 Å². The van der Waals surface area contributed by atoms with Gasteiger partial charge in [-0.15, -0.1) is 0 Å². The number of ether oxygens (including phenoxy) is 3. The molecule has 1 atom stereocenters. The highest BCUT2D eigenvalue weighted by atomic mass is 35.5. The number of fused-ring (bicyclic) bond motifs is 1. The zero-order valence-corrected chi connectivity index (χ0v) is 13.6. The fourth-order valence-electron chi connectivity index (χ4n) is 2.60. The summed E-state index contributed by atoms with van der Waals surface area (Å²) in [5.41, 5.74) is 0.578. The number of nitrogens with one attached hydrogen (secondary N) is 1. The van der Waals surface area contributed by atoms with E-state index < -0.39 is 5.97 Å². The van der Waals surface area contributed by atoms with Crippen LogP contribution < -0.4 is 10.1 Å². The van der Waals surface area contributed by atoms with Crippen molar-refractivity contribution in [1.82, 2.24) is 0 Å². The van der Waals surface area contributed by atoms with Gasteiger partial charge in [0.15, 0.2) is 6.61 Å². The topological polar surface area (TPSA) is 90.9 Å². The van der Waals surface area contributed by atoms with Gasteiger partial charge in [0, 0.05) is 12.8 Å². The third kappa shape index (κ3) is 3.79. The monoisotopic (exact) mass is 353 g/mol. The van der Waals surface area contributed by atoms with E-state index in [1.54, 1.807) is 0 Å². The molecule has 24 heavy (non-hydrogen) atoms. The van der Waals surface area contributed by atoms with Gasteiger partial charge in [0.25, 0.3) is 5.91 Å². The van der Waals surface area contributed by atoms with Crippen molar-refractivity contribution in [3.63, 3.8) is 0 Å². The van der Waals surface area contributed by atoms with Crippen molar-refractivity contribution in [2.75, 3.05) is 18.5 Å². The summed E-state index contributed by atoms with van der Waals surface area (Å²) in [6.45, 7) is 0.0119. The molecule has 2 heterocycles. The Balaban J connectivity index is 1.59. The molecule has 0 aliphatic carbocycles. The second-order valence-corrected chi connectivity index (χ2v) is 6.00. The molecule has 1 amide bonds. The average molecular weight is 354 g/mol.